The second kappa shape index (κ2) is 5.91. The molecule has 0 aliphatic carbocycles. The van der Waals surface area contributed by atoms with Gasteiger partial charge in [-0.2, -0.15) is 8.78 Å². The molecule has 0 aromatic heterocycles. The minimum atomic E-state index is -3.72. The number of hydrogen-bond acceptors (Lipinski definition) is 2. The van der Waals surface area contributed by atoms with Crippen molar-refractivity contribution in [1.29, 1.82) is 0 Å². The molecule has 5 heteroatoms. The van der Waals surface area contributed by atoms with Crippen molar-refractivity contribution in [2.75, 3.05) is 6.54 Å². The van der Waals surface area contributed by atoms with E-state index < -0.39 is 18.4 Å². The van der Waals surface area contributed by atoms with E-state index in [0.29, 0.717) is 6.54 Å². The number of carboxylic acid groups (broad SMARTS) is 1. The molecule has 18 heavy (non-hydrogen) atoms. The summed E-state index contributed by atoms with van der Waals surface area (Å²) in [5.41, 5.74) is 0.882. The second-order valence-electron chi connectivity index (χ2n) is 4.49. The van der Waals surface area contributed by atoms with Gasteiger partial charge in [0.2, 0.25) is 0 Å². The Balaban J connectivity index is 2.76. The molecular formula is C13H17F2NO2. The van der Waals surface area contributed by atoms with Gasteiger partial charge in [-0.15, -0.1) is 0 Å². The van der Waals surface area contributed by atoms with E-state index in [4.69, 9.17) is 5.11 Å². The molecule has 1 rings (SSSR count). The fourth-order valence-electron chi connectivity index (χ4n) is 1.56. The number of rotatable bonds is 6. The molecule has 0 aliphatic rings. The molecule has 0 saturated heterocycles. The number of hydrogen-bond donors (Lipinski definition) is 1. The predicted molar refractivity (Wildman–Crippen MR) is 64.6 cm³/mol. The van der Waals surface area contributed by atoms with E-state index in [9.17, 15) is 13.6 Å². The van der Waals surface area contributed by atoms with Gasteiger partial charge in [0, 0.05) is 12.6 Å². The summed E-state index contributed by atoms with van der Waals surface area (Å²) >= 11 is 0. The Bertz CT molecular complexity index is 393. The number of benzene rings is 1. The van der Waals surface area contributed by atoms with Crippen LogP contribution in [0.1, 0.15) is 19.4 Å². The van der Waals surface area contributed by atoms with Crippen LogP contribution in [0.4, 0.5) is 8.78 Å². The Kier molecular flexibility index (Phi) is 4.78. The van der Waals surface area contributed by atoms with Gasteiger partial charge in [-0.05, 0) is 19.4 Å². The zero-order chi connectivity index (χ0) is 13.8. The average molecular weight is 257 g/mol. The number of halogens is 2. The van der Waals surface area contributed by atoms with Gasteiger partial charge >= 0.3 is 11.9 Å². The normalized spacial score (nSPS) is 12.1. The van der Waals surface area contributed by atoms with Crippen LogP contribution in [-0.4, -0.2) is 34.5 Å². The largest absolute Gasteiger partial charge is 0.477 e. The standard InChI is InChI=1S/C13H17F2NO2/c1-10(2)16(9-13(14,15)12(17)18)8-11-6-4-3-5-7-11/h3-7,10H,8-9H2,1-2H3,(H,17,18). The SMILES string of the molecule is CC(C)N(Cc1ccccc1)CC(F)(F)C(=O)O. The highest BCUT2D eigenvalue weighted by molar-refractivity contribution is 5.75. The first-order valence-corrected chi connectivity index (χ1v) is 5.72. The van der Waals surface area contributed by atoms with Crippen LogP contribution in [0.2, 0.25) is 0 Å². The highest BCUT2D eigenvalue weighted by Crippen LogP contribution is 2.19. The van der Waals surface area contributed by atoms with Crippen molar-refractivity contribution in [1.82, 2.24) is 4.90 Å². The summed E-state index contributed by atoms with van der Waals surface area (Å²) < 4.78 is 26.4. The van der Waals surface area contributed by atoms with Gasteiger partial charge in [0.25, 0.3) is 0 Å². The smallest absolute Gasteiger partial charge is 0.375 e. The molecule has 0 bridgehead atoms. The molecule has 0 unspecified atom stereocenters. The van der Waals surface area contributed by atoms with Crippen LogP contribution in [-0.2, 0) is 11.3 Å². The molecule has 0 fully saturated rings. The molecule has 0 radical (unpaired) electrons. The van der Waals surface area contributed by atoms with Gasteiger partial charge in [-0.1, -0.05) is 30.3 Å². The van der Waals surface area contributed by atoms with E-state index in [0.717, 1.165) is 5.56 Å². The third kappa shape index (κ3) is 4.07. The topological polar surface area (TPSA) is 40.5 Å². The van der Waals surface area contributed by atoms with E-state index in [1.807, 2.05) is 30.3 Å². The van der Waals surface area contributed by atoms with Crippen LogP contribution in [0.3, 0.4) is 0 Å². The molecule has 1 N–H and O–H groups in total. The average Bonchev–Trinajstić information content (AvgIpc) is 2.29. The fourth-order valence-corrected chi connectivity index (χ4v) is 1.56. The predicted octanol–water partition coefficient (Wildman–Crippen LogP) is 2.62. The lowest BCUT2D eigenvalue weighted by Gasteiger charge is -2.28. The van der Waals surface area contributed by atoms with Crippen molar-refractivity contribution >= 4 is 5.97 Å². The maximum Gasteiger partial charge on any atom is 0.375 e. The molecule has 0 spiro atoms. The summed E-state index contributed by atoms with van der Waals surface area (Å²) in [6.07, 6.45) is 0. The Hall–Kier alpha value is -1.49. The lowest BCUT2D eigenvalue weighted by Crippen LogP contribution is -2.44. The van der Waals surface area contributed by atoms with Gasteiger partial charge in [0.15, 0.2) is 0 Å². The molecule has 100 valence electrons. The molecule has 0 amide bonds. The number of alkyl halides is 2. The molecule has 3 nitrogen and oxygen atoms in total. The van der Waals surface area contributed by atoms with E-state index in [-0.39, 0.29) is 6.04 Å². The Morgan fingerprint density at radius 3 is 2.33 bits per heavy atom. The van der Waals surface area contributed by atoms with Crippen LogP contribution in [0.15, 0.2) is 30.3 Å². The first-order valence-electron chi connectivity index (χ1n) is 5.72. The minimum Gasteiger partial charge on any atom is -0.477 e. The van der Waals surface area contributed by atoms with Crippen molar-refractivity contribution < 1.29 is 18.7 Å². The first-order chi connectivity index (χ1) is 8.33. The lowest BCUT2D eigenvalue weighted by molar-refractivity contribution is -0.168. The van der Waals surface area contributed by atoms with E-state index in [1.165, 1.54) is 4.90 Å². The maximum absolute atomic E-state index is 13.2. The van der Waals surface area contributed by atoms with Crippen molar-refractivity contribution in [3.63, 3.8) is 0 Å². The zero-order valence-corrected chi connectivity index (χ0v) is 10.4. The third-order valence-electron chi connectivity index (χ3n) is 2.67. The third-order valence-corrected chi connectivity index (χ3v) is 2.67. The number of carbonyl (C=O) groups is 1. The van der Waals surface area contributed by atoms with Crippen molar-refractivity contribution in [3.05, 3.63) is 35.9 Å². The van der Waals surface area contributed by atoms with Crippen molar-refractivity contribution in [2.45, 2.75) is 32.4 Å². The van der Waals surface area contributed by atoms with Crippen LogP contribution >= 0.6 is 0 Å². The summed E-state index contributed by atoms with van der Waals surface area (Å²) in [5.74, 6) is -5.81. The summed E-state index contributed by atoms with van der Waals surface area (Å²) in [5, 5.41) is 8.46. The van der Waals surface area contributed by atoms with Gasteiger partial charge < -0.3 is 5.11 Å². The molecule has 0 heterocycles. The summed E-state index contributed by atoms with van der Waals surface area (Å²) in [6, 6.07) is 8.99. The molecule has 1 aromatic carbocycles. The summed E-state index contributed by atoms with van der Waals surface area (Å²) in [7, 11) is 0. The van der Waals surface area contributed by atoms with Gasteiger partial charge in [-0.25, -0.2) is 4.79 Å². The van der Waals surface area contributed by atoms with Crippen molar-refractivity contribution in [3.8, 4) is 0 Å². The number of nitrogens with zero attached hydrogens (tertiary/aromatic N) is 1. The van der Waals surface area contributed by atoms with Crippen LogP contribution < -0.4 is 0 Å². The first kappa shape index (κ1) is 14.6. The molecule has 0 aliphatic heterocycles. The fraction of sp³-hybridized carbons (Fsp3) is 0.462. The van der Waals surface area contributed by atoms with E-state index in [2.05, 4.69) is 0 Å². The van der Waals surface area contributed by atoms with Gasteiger partial charge in [-0.3, -0.25) is 4.90 Å². The van der Waals surface area contributed by atoms with Crippen LogP contribution in [0, 0.1) is 0 Å². The van der Waals surface area contributed by atoms with E-state index >= 15 is 0 Å². The highest BCUT2D eigenvalue weighted by Gasteiger charge is 2.41. The molecular weight excluding hydrogens is 240 g/mol. The zero-order valence-electron chi connectivity index (χ0n) is 10.4. The van der Waals surface area contributed by atoms with Gasteiger partial charge in [0.05, 0.1) is 6.54 Å². The van der Waals surface area contributed by atoms with Crippen molar-refractivity contribution in [2.24, 2.45) is 0 Å². The monoisotopic (exact) mass is 257 g/mol. The van der Waals surface area contributed by atoms with Crippen LogP contribution in [0.5, 0.6) is 0 Å². The number of carboxylic acids is 1. The van der Waals surface area contributed by atoms with Crippen LogP contribution in [0.25, 0.3) is 0 Å². The number of aliphatic carboxylic acids is 1. The van der Waals surface area contributed by atoms with Gasteiger partial charge in [0.1, 0.15) is 0 Å². The Morgan fingerprint density at radius 1 is 1.33 bits per heavy atom. The molecule has 1 aromatic rings. The Morgan fingerprint density at radius 2 is 1.89 bits per heavy atom. The summed E-state index contributed by atoms with van der Waals surface area (Å²) in [6.45, 7) is 3.05. The lowest BCUT2D eigenvalue weighted by atomic mass is 10.1. The second-order valence-corrected chi connectivity index (χ2v) is 4.49. The Labute approximate surface area is 105 Å². The van der Waals surface area contributed by atoms with E-state index in [1.54, 1.807) is 13.8 Å². The summed E-state index contributed by atoms with van der Waals surface area (Å²) in [4.78, 5) is 11.9. The molecule has 0 atom stereocenters. The quantitative estimate of drug-likeness (QED) is 0.851. The molecule has 0 saturated carbocycles. The minimum absolute atomic E-state index is 0.157. The highest BCUT2D eigenvalue weighted by atomic mass is 19.3. The maximum atomic E-state index is 13.2.